The van der Waals surface area contributed by atoms with Crippen LogP contribution in [0.4, 0.5) is 0 Å². The van der Waals surface area contributed by atoms with Crippen LogP contribution in [0.1, 0.15) is 0 Å². The summed E-state index contributed by atoms with van der Waals surface area (Å²) in [5, 5.41) is 0. The molecule has 0 aliphatic rings. The van der Waals surface area contributed by atoms with E-state index in [-0.39, 0.29) is 0 Å². The maximum absolute atomic E-state index is 5.14. The molecule has 0 aliphatic heterocycles. The Bertz CT molecular complexity index is 17.1. The fourth-order valence-electron chi connectivity index (χ4n) is 0.0546. The van der Waals surface area contributed by atoms with Gasteiger partial charge in [-0.05, 0) is 6.16 Å². The van der Waals surface area contributed by atoms with E-state index in [1.165, 1.54) is 6.16 Å². The first-order valence-electron chi connectivity index (χ1n) is 1.45. The van der Waals surface area contributed by atoms with Crippen molar-refractivity contribution in [3.8, 4) is 0 Å². The monoisotopic (exact) mass is 198 g/mol. The normalized spacial score (nSPS) is 10.6. The summed E-state index contributed by atoms with van der Waals surface area (Å²) >= 11 is 2.34. The number of halogens is 1. The van der Waals surface area contributed by atoms with Crippen LogP contribution in [0.15, 0.2) is 0 Å². The van der Waals surface area contributed by atoms with Crippen LogP contribution in [0, 0.1) is 0 Å². The van der Waals surface area contributed by atoms with E-state index in [1.807, 2.05) is 0 Å². The van der Waals surface area contributed by atoms with E-state index >= 15 is 0 Å². The second-order valence-electron chi connectivity index (χ2n) is 0.672. The molecule has 28 valence electrons. The van der Waals surface area contributed by atoms with Gasteiger partial charge in [-0.1, -0.05) is 34.6 Å². The molecule has 0 spiro atoms. The first-order chi connectivity index (χ1) is 2.41. The van der Waals surface area contributed by atoms with Crippen molar-refractivity contribution in [1.82, 2.24) is 0 Å². The lowest BCUT2D eigenvalue weighted by atomic mass is 10.1. The van der Waals surface area contributed by atoms with E-state index in [2.05, 4.69) is 22.0 Å². The molecule has 0 aromatic heterocycles. The van der Waals surface area contributed by atoms with Crippen LogP contribution in [0.2, 0.25) is 6.32 Å². The summed E-state index contributed by atoms with van der Waals surface area (Å²) in [7, 11) is 5.14. The highest BCUT2D eigenvalue weighted by molar-refractivity contribution is 14.2. The minimum atomic E-state index is 0.849. The van der Waals surface area contributed by atoms with Gasteiger partial charge in [0.15, 0.2) is 0 Å². The summed E-state index contributed by atoms with van der Waals surface area (Å²) in [6.07, 6.45) is 3.03. The summed E-state index contributed by atoms with van der Waals surface area (Å²) < 4.78 is 0. The maximum Gasteiger partial charge on any atom is 0.0657 e. The quantitative estimate of drug-likeness (QED) is 0.359. The highest BCUT2D eigenvalue weighted by Gasteiger charge is 1.69. The minimum absolute atomic E-state index is 0.849. The van der Waals surface area contributed by atoms with E-state index < -0.39 is 0 Å². The zero-order chi connectivity index (χ0) is 4.12. The van der Waals surface area contributed by atoms with Crippen LogP contribution in [0.3, 0.4) is 0 Å². The Hall–Kier alpha value is 1.22. The molecule has 0 aliphatic carbocycles. The Kier molecular flexibility index (Phi) is 6.50. The van der Waals surface area contributed by atoms with Crippen molar-refractivity contribution in [3.63, 3.8) is 0 Å². The van der Waals surface area contributed by atoms with E-state index in [4.69, 9.17) is 7.85 Å². The standard InChI is InChI=1S/C2H5BIP/c3-1-2-5-4/h5H,1-2H2. The Labute approximate surface area is 48.8 Å². The molecule has 1 unspecified atom stereocenters. The fraction of sp³-hybridized carbons (Fsp3) is 1.00. The van der Waals surface area contributed by atoms with Gasteiger partial charge in [-0.25, -0.2) is 0 Å². The van der Waals surface area contributed by atoms with Gasteiger partial charge in [0.25, 0.3) is 0 Å². The molecule has 0 aromatic carbocycles. The third kappa shape index (κ3) is 5.22. The minimum Gasteiger partial charge on any atom is -0.0844 e. The molecular formula is C2H5BIP. The van der Waals surface area contributed by atoms with Crippen molar-refractivity contribution in [3.05, 3.63) is 0 Å². The van der Waals surface area contributed by atoms with E-state index in [9.17, 15) is 0 Å². The smallest absolute Gasteiger partial charge is 0.0657 e. The van der Waals surface area contributed by atoms with Gasteiger partial charge in [0.1, 0.15) is 0 Å². The molecule has 0 aromatic rings. The summed E-state index contributed by atoms with van der Waals surface area (Å²) in [6, 6.07) is 0. The lowest BCUT2D eigenvalue weighted by Crippen LogP contribution is -1.63. The van der Waals surface area contributed by atoms with Crippen LogP contribution in [-0.4, -0.2) is 14.0 Å². The van der Waals surface area contributed by atoms with Gasteiger partial charge in [0.05, 0.1) is 7.85 Å². The molecule has 0 heterocycles. The maximum atomic E-state index is 5.14. The number of hydrogen-bond donors (Lipinski definition) is 0. The van der Waals surface area contributed by atoms with Crippen molar-refractivity contribution < 1.29 is 0 Å². The van der Waals surface area contributed by atoms with E-state index in [1.54, 1.807) is 0 Å². The fourth-order valence-corrected chi connectivity index (χ4v) is 1.10. The average Bonchev–Trinajstić information content (AvgIpc) is 1.41. The number of hydrogen-bond acceptors (Lipinski definition) is 0. The predicted molar refractivity (Wildman–Crippen MR) is 37.8 cm³/mol. The molecule has 0 amide bonds. The van der Waals surface area contributed by atoms with Crippen molar-refractivity contribution in [1.29, 1.82) is 0 Å². The third-order valence-electron chi connectivity index (χ3n) is 0.239. The van der Waals surface area contributed by atoms with Crippen LogP contribution in [-0.2, 0) is 0 Å². The van der Waals surface area contributed by atoms with Crippen molar-refractivity contribution >= 4 is 36.1 Å². The second kappa shape index (κ2) is 5.22. The van der Waals surface area contributed by atoms with Crippen LogP contribution < -0.4 is 0 Å². The zero-order valence-corrected chi connectivity index (χ0v) is 6.03. The topological polar surface area (TPSA) is 0 Å². The van der Waals surface area contributed by atoms with Crippen LogP contribution in [0.5, 0.6) is 0 Å². The van der Waals surface area contributed by atoms with Gasteiger partial charge in [0.2, 0.25) is 0 Å². The summed E-state index contributed by atoms with van der Waals surface area (Å²) in [4.78, 5) is 0. The summed E-state index contributed by atoms with van der Waals surface area (Å²) in [5.74, 6) is 0. The molecule has 0 N–H and O–H groups in total. The molecular weight excluding hydrogens is 193 g/mol. The Balaban J connectivity index is 2.19. The Morgan fingerprint density at radius 3 is 2.40 bits per heavy atom. The first kappa shape index (κ1) is 6.22. The van der Waals surface area contributed by atoms with Crippen molar-refractivity contribution in [2.24, 2.45) is 0 Å². The van der Waals surface area contributed by atoms with Gasteiger partial charge in [0, 0.05) is 0 Å². The van der Waals surface area contributed by atoms with Gasteiger partial charge >= 0.3 is 0 Å². The average molecular weight is 198 g/mol. The van der Waals surface area contributed by atoms with Crippen LogP contribution >= 0.6 is 28.3 Å². The van der Waals surface area contributed by atoms with E-state index in [0.717, 1.165) is 12.5 Å². The summed E-state index contributed by atoms with van der Waals surface area (Å²) in [5.41, 5.74) is 0. The molecule has 0 saturated carbocycles. The third-order valence-corrected chi connectivity index (χ3v) is 2.33. The van der Waals surface area contributed by atoms with Crippen LogP contribution in [0.25, 0.3) is 0 Å². The molecule has 2 radical (unpaired) electrons. The van der Waals surface area contributed by atoms with Crippen molar-refractivity contribution in [2.75, 3.05) is 6.16 Å². The SMILES string of the molecule is [B]CCPI. The molecule has 0 bridgehead atoms. The number of rotatable bonds is 2. The first-order valence-corrected chi connectivity index (χ1v) is 5.77. The zero-order valence-electron chi connectivity index (χ0n) is 2.87. The van der Waals surface area contributed by atoms with Gasteiger partial charge in [-0.2, -0.15) is 0 Å². The molecule has 1 atom stereocenters. The Morgan fingerprint density at radius 2 is 2.40 bits per heavy atom. The van der Waals surface area contributed by atoms with E-state index in [0.29, 0.717) is 0 Å². The summed E-state index contributed by atoms with van der Waals surface area (Å²) in [6.45, 7) is 0. The highest BCUT2D eigenvalue weighted by Crippen LogP contribution is 2.19. The second-order valence-corrected chi connectivity index (χ2v) is 3.73. The lowest BCUT2D eigenvalue weighted by Gasteiger charge is -1.78. The molecule has 0 saturated heterocycles. The molecule has 3 heteroatoms. The largest absolute Gasteiger partial charge is 0.0844 e. The van der Waals surface area contributed by atoms with Crippen molar-refractivity contribution in [2.45, 2.75) is 6.32 Å². The Morgan fingerprint density at radius 1 is 1.80 bits per heavy atom. The highest BCUT2D eigenvalue weighted by atomic mass is 127. The van der Waals surface area contributed by atoms with Gasteiger partial charge in [-0.3, -0.25) is 0 Å². The predicted octanol–water partition coefficient (Wildman–Crippen LogP) is 1.60. The molecule has 0 rings (SSSR count). The molecule has 5 heavy (non-hydrogen) atoms. The van der Waals surface area contributed by atoms with Gasteiger partial charge < -0.3 is 0 Å². The lowest BCUT2D eigenvalue weighted by molar-refractivity contribution is 1.51. The molecule has 0 fully saturated rings. The van der Waals surface area contributed by atoms with Gasteiger partial charge in [-0.15, -0.1) is 0 Å². The molecule has 0 nitrogen and oxygen atoms in total.